The minimum atomic E-state index is 0.618. The Labute approximate surface area is 310 Å². The van der Waals surface area contributed by atoms with Crippen molar-refractivity contribution in [1.29, 1.82) is 0 Å². The van der Waals surface area contributed by atoms with Crippen molar-refractivity contribution in [2.24, 2.45) is 0 Å². The van der Waals surface area contributed by atoms with Gasteiger partial charge < -0.3 is 15.1 Å². The van der Waals surface area contributed by atoms with Gasteiger partial charge in [-0.1, -0.05) is 54.6 Å². The van der Waals surface area contributed by atoms with Gasteiger partial charge in [-0.3, -0.25) is 19.7 Å². The molecular formula is C40H44N12O. The number of hydrogen-bond donors (Lipinski definition) is 1. The third-order valence-electron chi connectivity index (χ3n) is 8.94. The summed E-state index contributed by atoms with van der Waals surface area (Å²) >= 11 is 0. The van der Waals surface area contributed by atoms with E-state index in [9.17, 15) is 4.79 Å². The van der Waals surface area contributed by atoms with E-state index in [-0.39, 0.29) is 0 Å². The van der Waals surface area contributed by atoms with Gasteiger partial charge in [-0.15, -0.1) is 10.2 Å². The van der Waals surface area contributed by atoms with Gasteiger partial charge in [0, 0.05) is 100 Å². The number of nitrogens with zero attached hydrogens (tertiary/aromatic N) is 11. The predicted octanol–water partition coefficient (Wildman–Crippen LogP) is 4.71. The summed E-state index contributed by atoms with van der Waals surface area (Å²) in [6, 6.07) is 24.0. The normalized spacial score (nSPS) is 14.3. The molecule has 0 aliphatic carbocycles. The third kappa shape index (κ3) is 10.5. The van der Waals surface area contributed by atoms with Gasteiger partial charge in [0.2, 0.25) is 11.9 Å². The molecule has 13 nitrogen and oxygen atoms in total. The van der Waals surface area contributed by atoms with Crippen molar-refractivity contribution in [2.45, 2.75) is 20.4 Å². The summed E-state index contributed by atoms with van der Waals surface area (Å²) in [5.74, 6) is 1.44. The van der Waals surface area contributed by atoms with Crippen molar-refractivity contribution >= 4 is 18.2 Å². The van der Waals surface area contributed by atoms with E-state index < -0.39 is 0 Å². The molecule has 4 aromatic heterocycles. The molecule has 2 aliphatic heterocycles. The van der Waals surface area contributed by atoms with Crippen molar-refractivity contribution in [3.05, 3.63) is 132 Å². The van der Waals surface area contributed by atoms with Gasteiger partial charge in [-0.05, 0) is 48.7 Å². The molecule has 0 spiro atoms. The summed E-state index contributed by atoms with van der Waals surface area (Å²) in [4.78, 5) is 34.1. The maximum Gasteiger partial charge on any atom is 0.245 e. The molecule has 270 valence electrons. The first-order chi connectivity index (χ1) is 26.1. The molecule has 0 atom stereocenters. The van der Waals surface area contributed by atoms with Crippen molar-refractivity contribution < 1.29 is 4.79 Å². The lowest BCUT2D eigenvalue weighted by atomic mass is 10.1. The lowest BCUT2D eigenvalue weighted by Crippen LogP contribution is -2.46. The van der Waals surface area contributed by atoms with Gasteiger partial charge in [-0.2, -0.15) is 10.2 Å². The van der Waals surface area contributed by atoms with E-state index in [0.29, 0.717) is 11.5 Å². The van der Waals surface area contributed by atoms with E-state index in [0.717, 1.165) is 93.7 Å². The standard InChI is InChI=1S/C20H22N6.C14H17N5.C6H5NO/c1-16-5-2-3-7-18(16)19-14-22-24-20(23-19)26-11-9-25(10-12-26)15-17-6-4-8-21-13-17;1-11-4-2-3-5-12(11)13-10-16-18-14(17-13)19-8-6-15-7-9-19;8-5-6-2-1-3-7-4-6/h2-8,13-14H,9-12,15H2,1H3;2-5,10,15H,6-9H2,1H3;1-5H. The average molecular weight is 709 g/mol. The lowest BCUT2D eigenvalue weighted by molar-refractivity contribution is 0.112. The number of piperazine rings is 2. The van der Waals surface area contributed by atoms with E-state index in [1.54, 1.807) is 30.7 Å². The van der Waals surface area contributed by atoms with Crippen LogP contribution in [-0.4, -0.2) is 104 Å². The number of hydrogen-bond acceptors (Lipinski definition) is 13. The average Bonchev–Trinajstić information content (AvgIpc) is 3.23. The highest BCUT2D eigenvalue weighted by atomic mass is 16.1. The third-order valence-corrected chi connectivity index (χ3v) is 8.94. The molecule has 2 fully saturated rings. The van der Waals surface area contributed by atoms with Crippen LogP contribution in [0.1, 0.15) is 27.0 Å². The SMILES string of the molecule is Cc1ccccc1-c1cnnc(N2CCN(Cc3cccnc3)CC2)n1.Cc1ccccc1-c1cnnc(N2CCNCC2)n1.O=Cc1cccnc1. The van der Waals surface area contributed by atoms with Crippen molar-refractivity contribution in [2.75, 3.05) is 62.2 Å². The van der Waals surface area contributed by atoms with Crippen molar-refractivity contribution in [3.63, 3.8) is 0 Å². The van der Waals surface area contributed by atoms with E-state index in [4.69, 9.17) is 4.98 Å². The van der Waals surface area contributed by atoms with Crippen LogP contribution in [0.5, 0.6) is 0 Å². The predicted molar refractivity (Wildman–Crippen MR) is 206 cm³/mol. The quantitative estimate of drug-likeness (QED) is 0.229. The molecule has 53 heavy (non-hydrogen) atoms. The zero-order chi connectivity index (χ0) is 36.7. The second-order valence-electron chi connectivity index (χ2n) is 12.7. The Balaban J connectivity index is 0.000000155. The zero-order valence-corrected chi connectivity index (χ0v) is 30.2. The molecule has 2 aliphatic rings. The van der Waals surface area contributed by atoms with Crippen LogP contribution in [0.2, 0.25) is 0 Å². The Bertz CT molecular complexity index is 2020. The fourth-order valence-electron chi connectivity index (χ4n) is 6.00. The van der Waals surface area contributed by atoms with Gasteiger partial charge in [-0.25, -0.2) is 9.97 Å². The molecule has 0 unspecified atom stereocenters. The minimum absolute atomic E-state index is 0.618. The Morgan fingerprint density at radius 2 is 1.17 bits per heavy atom. The largest absolute Gasteiger partial charge is 0.337 e. The van der Waals surface area contributed by atoms with Crippen LogP contribution in [-0.2, 0) is 6.54 Å². The molecule has 0 radical (unpaired) electrons. The van der Waals surface area contributed by atoms with Gasteiger partial charge in [0.15, 0.2) is 6.29 Å². The van der Waals surface area contributed by atoms with Crippen LogP contribution in [0.25, 0.3) is 22.5 Å². The lowest BCUT2D eigenvalue weighted by Gasteiger charge is -2.34. The zero-order valence-electron chi connectivity index (χ0n) is 30.2. The highest BCUT2D eigenvalue weighted by molar-refractivity contribution is 5.73. The van der Waals surface area contributed by atoms with Crippen LogP contribution in [0.3, 0.4) is 0 Å². The number of rotatable bonds is 7. The molecule has 0 saturated carbocycles. The number of carbonyl (C=O) groups is 1. The number of aryl methyl sites for hydroxylation is 2. The van der Waals surface area contributed by atoms with Gasteiger partial charge in [0.25, 0.3) is 0 Å². The summed E-state index contributed by atoms with van der Waals surface area (Å²) in [5.41, 5.74) is 8.27. The molecule has 1 N–H and O–H groups in total. The van der Waals surface area contributed by atoms with E-state index in [1.165, 1.54) is 22.9 Å². The first-order valence-corrected chi connectivity index (χ1v) is 17.8. The number of pyridine rings is 2. The maximum atomic E-state index is 9.97. The Morgan fingerprint density at radius 1 is 0.623 bits per heavy atom. The molecule has 2 aromatic carbocycles. The summed E-state index contributed by atoms with van der Waals surface area (Å²) in [5, 5.41) is 20.0. The maximum absolute atomic E-state index is 9.97. The van der Waals surface area contributed by atoms with Crippen LogP contribution in [0.4, 0.5) is 11.9 Å². The summed E-state index contributed by atoms with van der Waals surface area (Å²) in [6.45, 7) is 12.7. The smallest absolute Gasteiger partial charge is 0.245 e. The first kappa shape index (κ1) is 36.7. The molecule has 2 saturated heterocycles. The molecule has 6 aromatic rings. The first-order valence-electron chi connectivity index (χ1n) is 17.8. The molecule has 13 heteroatoms. The van der Waals surface area contributed by atoms with Crippen molar-refractivity contribution in [3.8, 4) is 22.5 Å². The number of aromatic nitrogens is 8. The van der Waals surface area contributed by atoms with E-state index in [1.807, 2.05) is 42.7 Å². The summed E-state index contributed by atoms with van der Waals surface area (Å²) in [7, 11) is 0. The van der Waals surface area contributed by atoms with Crippen LogP contribution < -0.4 is 15.1 Å². The number of carbonyl (C=O) groups excluding carboxylic acids is 1. The number of anilines is 2. The second kappa shape index (κ2) is 19.0. The van der Waals surface area contributed by atoms with Crippen LogP contribution >= 0.6 is 0 Å². The minimum Gasteiger partial charge on any atom is -0.337 e. The molecule has 8 rings (SSSR count). The number of aldehydes is 1. The van der Waals surface area contributed by atoms with Crippen LogP contribution in [0.15, 0.2) is 110 Å². The molecule has 0 amide bonds. The van der Waals surface area contributed by atoms with Gasteiger partial charge >= 0.3 is 0 Å². The Kier molecular flexibility index (Phi) is 13.2. The Morgan fingerprint density at radius 3 is 1.66 bits per heavy atom. The second-order valence-corrected chi connectivity index (χ2v) is 12.7. The fraction of sp³-hybridized carbons (Fsp3) is 0.275. The highest BCUT2D eigenvalue weighted by Crippen LogP contribution is 2.23. The summed E-state index contributed by atoms with van der Waals surface area (Å²) in [6.07, 6.45) is 11.1. The molecule has 0 bridgehead atoms. The van der Waals surface area contributed by atoms with Crippen molar-refractivity contribution in [1.82, 2.24) is 50.5 Å². The van der Waals surface area contributed by atoms with E-state index >= 15 is 0 Å². The van der Waals surface area contributed by atoms with Gasteiger partial charge in [0.05, 0.1) is 23.8 Å². The topological polar surface area (TPSA) is 142 Å². The van der Waals surface area contributed by atoms with Gasteiger partial charge in [0.1, 0.15) is 0 Å². The number of benzene rings is 2. The summed E-state index contributed by atoms with van der Waals surface area (Å²) < 4.78 is 0. The number of nitrogens with one attached hydrogen (secondary N) is 1. The monoisotopic (exact) mass is 708 g/mol. The van der Waals surface area contributed by atoms with E-state index in [2.05, 4.69) is 99.5 Å². The Hall–Kier alpha value is -6.05. The fourth-order valence-corrected chi connectivity index (χ4v) is 6.00. The van der Waals surface area contributed by atoms with Crippen LogP contribution in [0, 0.1) is 13.8 Å². The highest BCUT2D eigenvalue weighted by Gasteiger charge is 2.20. The molecule has 6 heterocycles. The molecular weight excluding hydrogens is 665 g/mol.